The maximum atomic E-state index is 13.1. The number of ether oxygens (including phenoxy) is 1. The number of para-hydroxylation sites is 1. The van der Waals surface area contributed by atoms with Crippen molar-refractivity contribution in [1.82, 2.24) is 0 Å². The number of anilines is 2. The Kier molecular flexibility index (Phi) is 5.00. The zero-order chi connectivity index (χ0) is 18.7. The molecule has 1 aliphatic rings. The molecule has 0 saturated carbocycles. The fourth-order valence-corrected chi connectivity index (χ4v) is 3.03. The second-order valence-corrected chi connectivity index (χ2v) is 6.47. The smallest absolute Gasteiger partial charge is 0.336 e. The van der Waals surface area contributed by atoms with E-state index >= 15 is 0 Å². The van der Waals surface area contributed by atoms with Crippen LogP contribution >= 0.6 is 11.6 Å². The Bertz CT molecular complexity index is 849. The standard InChI is InChI=1S/C20H19ClN2O3/c1-3-26-19(25)20(2)13-17(22-15-11-9-14(21)10-12-15)18(24)23(20)16-7-5-4-6-8-16/h4-13,22H,3H2,1-2H3. The molecule has 0 spiro atoms. The average molecular weight is 371 g/mol. The molecule has 1 amide bonds. The highest BCUT2D eigenvalue weighted by molar-refractivity contribution is 6.30. The summed E-state index contributed by atoms with van der Waals surface area (Å²) in [7, 11) is 0. The molecule has 26 heavy (non-hydrogen) atoms. The van der Waals surface area contributed by atoms with Gasteiger partial charge in [-0.25, -0.2) is 4.79 Å². The molecule has 0 radical (unpaired) electrons. The van der Waals surface area contributed by atoms with E-state index in [1.165, 1.54) is 4.90 Å². The lowest BCUT2D eigenvalue weighted by molar-refractivity contribution is -0.147. The molecule has 134 valence electrons. The first-order chi connectivity index (χ1) is 12.5. The van der Waals surface area contributed by atoms with Gasteiger partial charge in [0, 0.05) is 16.4 Å². The quantitative estimate of drug-likeness (QED) is 0.808. The minimum absolute atomic E-state index is 0.235. The summed E-state index contributed by atoms with van der Waals surface area (Å²) in [6.07, 6.45) is 1.61. The van der Waals surface area contributed by atoms with Crippen LogP contribution in [0.3, 0.4) is 0 Å². The summed E-state index contributed by atoms with van der Waals surface area (Å²) < 4.78 is 5.22. The molecule has 1 N–H and O–H groups in total. The molecule has 0 fully saturated rings. The summed E-state index contributed by atoms with van der Waals surface area (Å²) in [5.74, 6) is -0.785. The number of benzene rings is 2. The first kappa shape index (κ1) is 18.0. The van der Waals surface area contributed by atoms with Gasteiger partial charge in [-0.1, -0.05) is 29.8 Å². The summed E-state index contributed by atoms with van der Waals surface area (Å²) in [6.45, 7) is 3.65. The monoisotopic (exact) mass is 370 g/mol. The molecule has 2 aromatic carbocycles. The summed E-state index contributed by atoms with van der Waals surface area (Å²) in [5.41, 5.74) is 0.405. The van der Waals surface area contributed by atoms with Crippen LogP contribution in [0.4, 0.5) is 11.4 Å². The molecule has 0 aliphatic carbocycles. The number of carbonyl (C=O) groups is 2. The van der Waals surface area contributed by atoms with Crippen molar-refractivity contribution in [1.29, 1.82) is 0 Å². The number of halogens is 1. The predicted molar refractivity (Wildman–Crippen MR) is 102 cm³/mol. The zero-order valence-corrected chi connectivity index (χ0v) is 15.3. The Hall–Kier alpha value is -2.79. The van der Waals surface area contributed by atoms with E-state index in [0.717, 1.165) is 0 Å². The highest BCUT2D eigenvalue weighted by Gasteiger charge is 2.49. The predicted octanol–water partition coefficient (Wildman–Crippen LogP) is 4.00. The summed E-state index contributed by atoms with van der Waals surface area (Å²) in [5, 5.41) is 3.67. The molecular formula is C20H19ClN2O3. The van der Waals surface area contributed by atoms with Crippen LogP contribution in [0.1, 0.15) is 13.8 Å². The van der Waals surface area contributed by atoms with Gasteiger partial charge in [0.2, 0.25) is 0 Å². The second-order valence-electron chi connectivity index (χ2n) is 6.03. The normalized spacial score (nSPS) is 19.3. The number of nitrogens with zero attached hydrogens (tertiary/aromatic N) is 1. The van der Waals surface area contributed by atoms with Crippen LogP contribution in [-0.2, 0) is 14.3 Å². The van der Waals surface area contributed by atoms with Crippen molar-refractivity contribution in [3.63, 3.8) is 0 Å². The van der Waals surface area contributed by atoms with Gasteiger partial charge in [-0.3, -0.25) is 9.69 Å². The minimum Gasteiger partial charge on any atom is -0.464 e. The van der Waals surface area contributed by atoms with E-state index in [4.69, 9.17) is 16.3 Å². The molecule has 0 bridgehead atoms. The highest BCUT2D eigenvalue weighted by Crippen LogP contribution is 2.35. The Morgan fingerprint density at radius 1 is 1.15 bits per heavy atom. The van der Waals surface area contributed by atoms with E-state index < -0.39 is 11.5 Å². The Labute approximate surface area is 157 Å². The van der Waals surface area contributed by atoms with Crippen LogP contribution in [0.5, 0.6) is 0 Å². The summed E-state index contributed by atoms with van der Waals surface area (Å²) in [6, 6.07) is 16.0. The number of hydrogen-bond acceptors (Lipinski definition) is 4. The molecule has 2 aromatic rings. The molecule has 3 rings (SSSR count). The minimum atomic E-state index is -1.23. The fraction of sp³-hybridized carbons (Fsp3) is 0.200. The lowest BCUT2D eigenvalue weighted by Crippen LogP contribution is -2.51. The Morgan fingerprint density at radius 3 is 2.42 bits per heavy atom. The van der Waals surface area contributed by atoms with Crippen LogP contribution in [0.2, 0.25) is 5.02 Å². The first-order valence-corrected chi connectivity index (χ1v) is 8.66. The Balaban J connectivity index is 1.99. The van der Waals surface area contributed by atoms with Gasteiger partial charge < -0.3 is 10.1 Å². The molecule has 1 aliphatic heterocycles. The van der Waals surface area contributed by atoms with Gasteiger partial charge in [-0.05, 0) is 56.3 Å². The number of nitrogens with one attached hydrogen (secondary N) is 1. The maximum absolute atomic E-state index is 13.1. The number of amides is 1. The van der Waals surface area contributed by atoms with E-state index in [2.05, 4.69) is 5.32 Å². The van der Waals surface area contributed by atoms with Crippen LogP contribution in [0, 0.1) is 0 Å². The molecule has 0 saturated heterocycles. The number of carbonyl (C=O) groups excluding carboxylic acids is 2. The van der Waals surface area contributed by atoms with Crippen molar-refractivity contribution < 1.29 is 14.3 Å². The van der Waals surface area contributed by atoms with Crippen LogP contribution < -0.4 is 10.2 Å². The van der Waals surface area contributed by atoms with E-state index in [-0.39, 0.29) is 12.5 Å². The fourth-order valence-electron chi connectivity index (χ4n) is 2.91. The van der Waals surface area contributed by atoms with Crippen molar-refractivity contribution in [3.8, 4) is 0 Å². The molecular weight excluding hydrogens is 352 g/mol. The SMILES string of the molecule is CCOC(=O)C1(C)C=C(Nc2ccc(Cl)cc2)C(=O)N1c1ccccc1. The van der Waals surface area contributed by atoms with Gasteiger partial charge >= 0.3 is 5.97 Å². The highest BCUT2D eigenvalue weighted by atomic mass is 35.5. The summed E-state index contributed by atoms with van der Waals surface area (Å²) >= 11 is 5.90. The molecule has 1 heterocycles. The molecule has 6 heteroatoms. The lowest BCUT2D eigenvalue weighted by Gasteiger charge is -2.32. The molecule has 1 atom stereocenters. The van der Waals surface area contributed by atoms with Gasteiger partial charge in [0.15, 0.2) is 5.54 Å². The maximum Gasteiger partial charge on any atom is 0.336 e. The molecule has 0 aromatic heterocycles. The summed E-state index contributed by atoms with van der Waals surface area (Å²) in [4.78, 5) is 27.1. The second kappa shape index (κ2) is 7.22. The van der Waals surface area contributed by atoms with E-state index in [9.17, 15) is 9.59 Å². The van der Waals surface area contributed by atoms with Crippen molar-refractivity contribution in [2.45, 2.75) is 19.4 Å². The lowest BCUT2D eigenvalue weighted by atomic mass is 10.0. The van der Waals surface area contributed by atoms with Gasteiger partial charge in [0.1, 0.15) is 5.70 Å². The third kappa shape index (κ3) is 3.30. The van der Waals surface area contributed by atoms with Crippen molar-refractivity contribution in [2.24, 2.45) is 0 Å². The topological polar surface area (TPSA) is 58.6 Å². The molecule has 1 unspecified atom stereocenters. The van der Waals surface area contributed by atoms with Gasteiger partial charge in [0.05, 0.1) is 6.61 Å². The van der Waals surface area contributed by atoms with Crippen molar-refractivity contribution in [2.75, 3.05) is 16.8 Å². The largest absolute Gasteiger partial charge is 0.464 e. The van der Waals surface area contributed by atoms with Crippen molar-refractivity contribution in [3.05, 3.63) is 71.4 Å². The average Bonchev–Trinajstić information content (AvgIpc) is 2.89. The number of rotatable bonds is 5. The van der Waals surface area contributed by atoms with E-state index in [1.54, 1.807) is 56.3 Å². The third-order valence-electron chi connectivity index (χ3n) is 4.15. The van der Waals surface area contributed by atoms with Crippen molar-refractivity contribution >= 4 is 34.9 Å². The van der Waals surface area contributed by atoms with Gasteiger partial charge in [0.25, 0.3) is 5.91 Å². The number of esters is 1. The van der Waals surface area contributed by atoms with Crippen LogP contribution in [0.15, 0.2) is 66.4 Å². The van der Waals surface area contributed by atoms with E-state index in [1.807, 2.05) is 18.2 Å². The number of hydrogen-bond donors (Lipinski definition) is 1. The van der Waals surface area contributed by atoms with Crippen LogP contribution in [-0.4, -0.2) is 24.0 Å². The van der Waals surface area contributed by atoms with Gasteiger partial charge in [-0.15, -0.1) is 0 Å². The first-order valence-electron chi connectivity index (χ1n) is 8.28. The third-order valence-corrected chi connectivity index (χ3v) is 4.40. The zero-order valence-electron chi connectivity index (χ0n) is 14.5. The molecule has 5 nitrogen and oxygen atoms in total. The Morgan fingerprint density at radius 2 is 1.81 bits per heavy atom. The van der Waals surface area contributed by atoms with Crippen LogP contribution in [0.25, 0.3) is 0 Å². The van der Waals surface area contributed by atoms with Gasteiger partial charge in [-0.2, -0.15) is 0 Å². The van der Waals surface area contributed by atoms with E-state index in [0.29, 0.717) is 22.1 Å².